The van der Waals surface area contributed by atoms with Crippen LogP contribution in [-0.4, -0.2) is 25.8 Å². The molecule has 1 aromatic rings. The first-order valence-corrected chi connectivity index (χ1v) is 6.60. The molecule has 1 saturated carbocycles. The first kappa shape index (κ1) is 11.1. The lowest BCUT2D eigenvalue weighted by atomic mass is 10.2. The van der Waals surface area contributed by atoms with E-state index in [1.54, 1.807) is 11.3 Å². The highest BCUT2D eigenvalue weighted by Gasteiger charge is 2.23. The maximum Gasteiger partial charge on any atom is 0.0586 e. The number of hydrogen-bond donors (Lipinski definition) is 1. The smallest absolute Gasteiger partial charge is 0.0586 e. The van der Waals surface area contributed by atoms with Crippen LogP contribution >= 0.6 is 11.3 Å². The Morgan fingerprint density at radius 3 is 3.13 bits per heavy atom. The predicted molar refractivity (Wildman–Crippen MR) is 64.5 cm³/mol. The Labute approximate surface area is 95.6 Å². The third kappa shape index (κ3) is 3.30. The molecule has 0 radical (unpaired) electrons. The number of thiophene rings is 1. The van der Waals surface area contributed by atoms with Gasteiger partial charge in [-0.3, -0.25) is 0 Å². The molecule has 2 unspecified atom stereocenters. The van der Waals surface area contributed by atoms with E-state index in [0.717, 1.165) is 13.0 Å². The first-order chi connectivity index (χ1) is 7.38. The van der Waals surface area contributed by atoms with Gasteiger partial charge in [0.25, 0.3) is 0 Å². The van der Waals surface area contributed by atoms with Gasteiger partial charge in [-0.05, 0) is 54.6 Å². The molecule has 2 nitrogen and oxygen atoms in total. The van der Waals surface area contributed by atoms with Gasteiger partial charge in [0, 0.05) is 13.2 Å². The lowest BCUT2D eigenvalue weighted by Gasteiger charge is -2.12. The van der Waals surface area contributed by atoms with Gasteiger partial charge in [-0.1, -0.05) is 0 Å². The molecule has 1 heterocycles. The van der Waals surface area contributed by atoms with Crippen molar-refractivity contribution in [2.45, 2.75) is 37.8 Å². The Kier molecular flexibility index (Phi) is 4.18. The van der Waals surface area contributed by atoms with Crippen LogP contribution in [0.25, 0.3) is 0 Å². The van der Waals surface area contributed by atoms with Crippen LogP contribution in [0.5, 0.6) is 0 Å². The number of ether oxygens (including phenoxy) is 1. The minimum absolute atomic E-state index is 0.489. The second-order valence-corrected chi connectivity index (χ2v) is 4.98. The van der Waals surface area contributed by atoms with Gasteiger partial charge in [0.2, 0.25) is 0 Å². The molecule has 0 bridgehead atoms. The van der Waals surface area contributed by atoms with Crippen LogP contribution in [0.3, 0.4) is 0 Å². The van der Waals surface area contributed by atoms with E-state index in [1.807, 2.05) is 7.11 Å². The topological polar surface area (TPSA) is 21.3 Å². The van der Waals surface area contributed by atoms with Crippen molar-refractivity contribution in [3.05, 3.63) is 22.4 Å². The molecule has 0 amide bonds. The lowest BCUT2D eigenvalue weighted by Crippen LogP contribution is -2.29. The van der Waals surface area contributed by atoms with Crippen molar-refractivity contribution >= 4 is 11.3 Å². The predicted octanol–water partition coefficient (Wildman–Crippen LogP) is 2.45. The Morgan fingerprint density at radius 1 is 1.53 bits per heavy atom. The fourth-order valence-electron chi connectivity index (χ4n) is 2.20. The van der Waals surface area contributed by atoms with Crippen molar-refractivity contribution in [1.82, 2.24) is 5.32 Å². The van der Waals surface area contributed by atoms with Crippen molar-refractivity contribution in [2.75, 3.05) is 13.7 Å². The highest BCUT2D eigenvalue weighted by atomic mass is 32.1. The fourth-order valence-corrected chi connectivity index (χ4v) is 2.90. The van der Waals surface area contributed by atoms with E-state index in [2.05, 4.69) is 22.1 Å². The molecular formula is C12H19NOS. The summed E-state index contributed by atoms with van der Waals surface area (Å²) in [6.45, 7) is 1.10. The maximum atomic E-state index is 5.36. The van der Waals surface area contributed by atoms with Crippen molar-refractivity contribution in [3.8, 4) is 0 Å². The average Bonchev–Trinajstić information content (AvgIpc) is 2.88. The van der Waals surface area contributed by atoms with Gasteiger partial charge >= 0.3 is 0 Å². The minimum Gasteiger partial charge on any atom is -0.381 e. The Morgan fingerprint density at radius 2 is 2.47 bits per heavy atom. The second kappa shape index (κ2) is 5.64. The summed E-state index contributed by atoms with van der Waals surface area (Å²) in [5, 5.41) is 7.98. The highest BCUT2D eigenvalue weighted by molar-refractivity contribution is 7.07. The van der Waals surface area contributed by atoms with E-state index >= 15 is 0 Å². The number of nitrogens with one attached hydrogen (secondary N) is 1. The zero-order valence-electron chi connectivity index (χ0n) is 9.24. The first-order valence-electron chi connectivity index (χ1n) is 5.65. The van der Waals surface area contributed by atoms with E-state index in [1.165, 1.54) is 24.8 Å². The SMILES string of the molecule is COC1CCC(NCCc2ccsc2)C1. The summed E-state index contributed by atoms with van der Waals surface area (Å²) >= 11 is 1.78. The third-order valence-electron chi connectivity index (χ3n) is 3.14. The zero-order chi connectivity index (χ0) is 10.5. The van der Waals surface area contributed by atoms with Gasteiger partial charge in [0.05, 0.1) is 6.10 Å². The van der Waals surface area contributed by atoms with Crippen LogP contribution in [0.15, 0.2) is 16.8 Å². The molecule has 2 atom stereocenters. The molecule has 2 rings (SSSR count). The largest absolute Gasteiger partial charge is 0.381 e. The summed E-state index contributed by atoms with van der Waals surface area (Å²) < 4.78 is 5.36. The molecule has 84 valence electrons. The lowest BCUT2D eigenvalue weighted by molar-refractivity contribution is 0.107. The van der Waals surface area contributed by atoms with Crippen LogP contribution in [0.2, 0.25) is 0 Å². The van der Waals surface area contributed by atoms with Gasteiger partial charge in [-0.25, -0.2) is 0 Å². The van der Waals surface area contributed by atoms with Crippen LogP contribution < -0.4 is 5.32 Å². The summed E-state index contributed by atoms with van der Waals surface area (Å²) in [6, 6.07) is 2.88. The molecule has 0 aliphatic heterocycles. The van der Waals surface area contributed by atoms with Gasteiger partial charge in [0.15, 0.2) is 0 Å². The van der Waals surface area contributed by atoms with Crippen molar-refractivity contribution in [1.29, 1.82) is 0 Å². The molecule has 1 fully saturated rings. The number of hydrogen-bond acceptors (Lipinski definition) is 3. The summed E-state index contributed by atoms with van der Waals surface area (Å²) in [5.41, 5.74) is 1.45. The second-order valence-electron chi connectivity index (χ2n) is 4.20. The van der Waals surface area contributed by atoms with Crippen LogP contribution in [0, 0.1) is 0 Å². The summed E-state index contributed by atoms with van der Waals surface area (Å²) in [6.07, 6.45) is 5.30. The average molecular weight is 225 g/mol. The summed E-state index contributed by atoms with van der Waals surface area (Å²) in [7, 11) is 1.82. The van der Waals surface area contributed by atoms with Gasteiger partial charge in [0.1, 0.15) is 0 Å². The number of rotatable bonds is 5. The standard InChI is InChI=1S/C12H19NOS/c1-14-12-3-2-11(8-12)13-6-4-10-5-7-15-9-10/h5,7,9,11-13H,2-4,6,8H2,1H3. The van der Waals surface area contributed by atoms with E-state index in [0.29, 0.717) is 12.1 Å². The van der Waals surface area contributed by atoms with Crippen LogP contribution in [0.4, 0.5) is 0 Å². The Hall–Kier alpha value is -0.380. The summed E-state index contributed by atoms with van der Waals surface area (Å²) in [4.78, 5) is 0. The molecule has 1 aliphatic rings. The highest BCUT2D eigenvalue weighted by Crippen LogP contribution is 2.21. The van der Waals surface area contributed by atoms with Gasteiger partial charge < -0.3 is 10.1 Å². The minimum atomic E-state index is 0.489. The third-order valence-corrected chi connectivity index (χ3v) is 3.88. The molecule has 15 heavy (non-hydrogen) atoms. The van der Waals surface area contributed by atoms with E-state index < -0.39 is 0 Å². The molecule has 3 heteroatoms. The van der Waals surface area contributed by atoms with Gasteiger partial charge in [-0.2, -0.15) is 11.3 Å². The molecule has 1 aromatic heterocycles. The fraction of sp³-hybridized carbons (Fsp3) is 0.667. The van der Waals surface area contributed by atoms with E-state index in [4.69, 9.17) is 4.74 Å². The van der Waals surface area contributed by atoms with E-state index in [-0.39, 0.29) is 0 Å². The van der Waals surface area contributed by atoms with Crippen molar-refractivity contribution < 1.29 is 4.74 Å². The molecule has 0 spiro atoms. The van der Waals surface area contributed by atoms with Gasteiger partial charge in [-0.15, -0.1) is 0 Å². The Balaban J connectivity index is 1.63. The maximum absolute atomic E-state index is 5.36. The summed E-state index contributed by atoms with van der Waals surface area (Å²) in [5.74, 6) is 0. The molecule has 1 aliphatic carbocycles. The molecule has 0 saturated heterocycles. The quantitative estimate of drug-likeness (QED) is 0.831. The Bertz CT molecular complexity index is 273. The van der Waals surface area contributed by atoms with Crippen LogP contribution in [-0.2, 0) is 11.2 Å². The molecular weight excluding hydrogens is 206 g/mol. The molecule has 1 N–H and O–H groups in total. The zero-order valence-corrected chi connectivity index (χ0v) is 10.1. The van der Waals surface area contributed by atoms with Crippen molar-refractivity contribution in [2.24, 2.45) is 0 Å². The molecule has 0 aromatic carbocycles. The monoisotopic (exact) mass is 225 g/mol. The normalized spacial score (nSPS) is 25.9. The van der Waals surface area contributed by atoms with Crippen molar-refractivity contribution in [3.63, 3.8) is 0 Å². The van der Waals surface area contributed by atoms with Crippen LogP contribution in [0.1, 0.15) is 24.8 Å². The van der Waals surface area contributed by atoms with E-state index in [9.17, 15) is 0 Å². The number of methoxy groups -OCH3 is 1.